The van der Waals surface area contributed by atoms with Crippen LogP contribution in [0.4, 0.5) is 11.4 Å². The van der Waals surface area contributed by atoms with Gasteiger partial charge in [0.05, 0.1) is 12.8 Å². The Hall–Kier alpha value is -3.02. The maximum Gasteiger partial charge on any atom is 0.253 e. The highest BCUT2D eigenvalue weighted by molar-refractivity contribution is 5.98. The van der Waals surface area contributed by atoms with Gasteiger partial charge < -0.3 is 20.7 Å². The first kappa shape index (κ1) is 18.3. The SMILES string of the molecule is COc1ccc(C(=O)N(C)C)cc1NC(=O)CCc1ccccc1N. The Balaban J connectivity index is 2.09. The molecular formula is C19H23N3O3. The molecule has 0 aromatic heterocycles. The number of benzene rings is 2. The molecule has 6 nitrogen and oxygen atoms in total. The number of anilines is 2. The van der Waals surface area contributed by atoms with Crippen molar-refractivity contribution < 1.29 is 14.3 Å². The van der Waals surface area contributed by atoms with E-state index in [0.717, 1.165) is 5.56 Å². The van der Waals surface area contributed by atoms with E-state index in [1.54, 1.807) is 32.3 Å². The van der Waals surface area contributed by atoms with Crippen LogP contribution < -0.4 is 15.8 Å². The zero-order valence-electron chi connectivity index (χ0n) is 14.7. The Morgan fingerprint density at radius 1 is 1.16 bits per heavy atom. The minimum Gasteiger partial charge on any atom is -0.495 e. The minimum absolute atomic E-state index is 0.143. The number of nitrogen functional groups attached to an aromatic ring is 1. The van der Waals surface area contributed by atoms with Crippen molar-refractivity contribution >= 4 is 23.2 Å². The second-order valence-corrected chi connectivity index (χ2v) is 5.86. The van der Waals surface area contributed by atoms with Gasteiger partial charge in [-0.1, -0.05) is 18.2 Å². The van der Waals surface area contributed by atoms with Crippen LogP contribution in [0, 0.1) is 0 Å². The van der Waals surface area contributed by atoms with Crippen LogP contribution in [-0.2, 0) is 11.2 Å². The molecule has 0 unspecified atom stereocenters. The predicted octanol–water partition coefficient (Wildman–Crippen LogP) is 2.55. The van der Waals surface area contributed by atoms with Crippen LogP contribution in [0.5, 0.6) is 5.75 Å². The number of carbonyl (C=O) groups excluding carboxylic acids is 2. The number of methoxy groups -OCH3 is 1. The number of rotatable bonds is 6. The van der Waals surface area contributed by atoms with Gasteiger partial charge in [0.25, 0.3) is 5.91 Å². The molecule has 2 aromatic rings. The number of aryl methyl sites for hydroxylation is 1. The van der Waals surface area contributed by atoms with E-state index < -0.39 is 0 Å². The van der Waals surface area contributed by atoms with Crippen LogP contribution in [0.25, 0.3) is 0 Å². The van der Waals surface area contributed by atoms with E-state index in [0.29, 0.717) is 29.1 Å². The maximum absolute atomic E-state index is 12.3. The molecule has 0 atom stereocenters. The van der Waals surface area contributed by atoms with Gasteiger partial charge >= 0.3 is 0 Å². The Morgan fingerprint density at radius 2 is 1.88 bits per heavy atom. The van der Waals surface area contributed by atoms with E-state index in [2.05, 4.69) is 5.32 Å². The first-order chi connectivity index (χ1) is 11.9. The molecule has 0 saturated carbocycles. The van der Waals surface area contributed by atoms with Crippen molar-refractivity contribution in [2.75, 3.05) is 32.3 Å². The van der Waals surface area contributed by atoms with E-state index in [1.807, 2.05) is 24.3 Å². The molecule has 0 spiro atoms. The van der Waals surface area contributed by atoms with E-state index in [4.69, 9.17) is 10.5 Å². The average Bonchev–Trinajstić information content (AvgIpc) is 2.60. The highest BCUT2D eigenvalue weighted by Crippen LogP contribution is 2.26. The summed E-state index contributed by atoms with van der Waals surface area (Å²) in [4.78, 5) is 25.8. The lowest BCUT2D eigenvalue weighted by atomic mass is 10.1. The van der Waals surface area contributed by atoms with Crippen LogP contribution in [-0.4, -0.2) is 37.9 Å². The second-order valence-electron chi connectivity index (χ2n) is 5.86. The van der Waals surface area contributed by atoms with Gasteiger partial charge in [0.15, 0.2) is 0 Å². The summed E-state index contributed by atoms with van der Waals surface area (Å²) in [6.45, 7) is 0. The van der Waals surface area contributed by atoms with Crippen molar-refractivity contribution in [2.24, 2.45) is 0 Å². The minimum atomic E-state index is -0.170. The topological polar surface area (TPSA) is 84.7 Å². The lowest BCUT2D eigenvalue weighted by Gasteiger charge is -2.14. The summed E-state index contributed by atoms with van der Waals surface area (Å²) >= 11 is 0. The number of hydrogen-bond donors (Lipinski definition) is 2. The first-order valence-corrected chi connectivity index (χ1v) is 7.95. The third-order valence-corrected chi connectivity index (χ3v) is 3.80. The summed E-state index contributed by atoms with van der Waals surface area (Å²) < 4.78 is 5.26. The fourth-order valence-corrected chi connectivity index (χ4v) is 2.42. The van der Waals surface area contributed by atoms with Gasteiger partial charge in [-0.3, -0.25) is 9.59 Å². The van der Waals surface area contributed by atoms with E-state index in [-0.39, 0.29) is 18.2 Å². The first-order valence-electron chi connectivity index (χ1n) is 7.95. The van der Waals surface area contributed by atoms with Crippen LogP contribution >= 0.6 is 0 Å². The van der Waals surface area contributed by atoms with Gasteiger partial charge in [-0.2, -0.15) is 0 Å². The van der Waals surface area contributed by atoms with Gasteiger partial charge in [0.1, 0.15) is 5.75 Å². The van der Waals surface area contributed by atoms with E-state index in [9.17, 15) is 9.59 Å². The number of hydrogen-bond acceptors (Lipinski definition) is 4. The van der Waals surface area contributed by atoms with Gasteiger partial charge in [0.2, 0.25) is 5.91 Å². The van der Waals surface area contributed by atoms with Gasteiger partial charge in [-0.15, -0.1) is 0 Å². The predicted molar refractivity (Wildman–Crippen MR) is 98.8 cm³/mol. The molecule has 6 heteroatoms. The van der Waals surface area contributed by atoms with Crippen LogP contribution in [0.3, 0.4) is 0 Å². The van der Waals surface area contributed by atoms with Gasteiger partial charge in [0, 0.05) is 31.8 Å². The molecule has 0 fully saturated rings. The van der Waals surface area contributed by atoms with E-state index >= 15 is 0 Å². The number of nitrogens with one attached hydrogen (secondary N) is 1. The highest BCUT2D eigenvalue weighted by atomic mass is 16.5. The normalized spacial score (nSPS) is 10.2. The summed E-state index contributed by atoms with van der Waals surface area (Å²) in [7, 11) is 4.87. The monoisotopic (exact) mass is 341 g/mol. The zero-order valence-corrected chi connectivity index (χ0v) is 14.7. The summed E-state index contributed by atoms with van der Waals surface area (Å²) in [5.74, 6) is 0.189. The van der Waals surface area contributed by atoms with Gasteiger partial charge in [-0.25, -0.2) is 0 Å². The number of nitrogens with zero attached hydrogens (tertiary/aromatic N) is 1. The fourth-order valence-electron chi connectivity index (χ4n) is 2.42. The molecular weight excluding hydrogens is 318 g/mol. The van der Waals surface area contributed by atoms with Crippen LogP contribution in [0.2, 0.25) is 0 Å². The maximum atomic E-state index is 12.3. The number of nitrogens with two attached hydrogens (primary N) is 1. The molecule has 0 aliphatic heterocycles. The number of carbonyl (C=O) groups is 2. The van der Waals surface area contributed by atoms with Crippen molar-refractivity contribution in [3.8, 4) is 5.75 Å². The summed E-state index contributed by atoms with van der Waals surface area (Å²) in [6.07, 6.45) is 0.820. The molecule has 0 radical (unpaired) electrons. The van der Waals surface area contributed by atoms with Crippen molar-refractivity contribution in [1.82, 2.24) is 4.90 Å². The number of ether oxygens (including phenoxy) is 1. The molecule has 2 rings (SSSR count). The molecule has 25 heavy (non-hydrogen) atoms. The second kappa shape index (κ2) is 8.19. The smallest absolute Gasteiger partial charge is 0.253 e. The molecule has 2 amide bonds. The Morgan fingerprint density at radius 3 is 2.52 bits per heavy atom. The van der Waals surface area contributed by atoms with Crippen molar-refractivity contribution in [3.63, 3.8) is 0 Å². The van der Waals surface area contributed by atoms with Crippen molar-refractivity contribution in [1.29, 1.82) is 0 Å². The summed E-state index contributed by atoms with van der Waals surface area (Å²) in [5.41, 5.74) is 8.45. The molecule has 0 aliphatic rings. The third kappa shape index (κ3) is 4.73. The molecule has 0 saturated heterocycles. The zero-order chi connectivity index (χ0) is 18.4. The molecule has 0 aliphatic carbocycles. The van der Waals surface area contributed by atoms with E-state index in [1.165, 1.54) is 12.0 Å². The Kier molecular flexibility index (Phi) is 6.00. The largest absolute Gasteiger partial charge is 0.495 e. The van der Waals surface area contributed by atoms with Crippen LogP contribution in [0.15, 0.2) is 42.5 Å². The van der Waals surface area contributed by atoms with Crippen molar-refractivity contribution in [2.45, 2.75) is 12.8 Å². The van der Waals surface area contributed by atoms with Crippen LogP contribution in [0.1, 0.15) is 22.3 Å². The third-order valence-electron chi connectivity index (χ3n) is 3.80. The summed E-state index contributed by atoms with van der Waals surface area (Å²) in [6, 6.07) is 12.4. The number of amides is 2. The summed E-state index contributed by atoms with van der Waals surface area (Å²) in [5, 5.41) is 2.81. The molecule has 132 valence electrons. The molecule has 0 heterocycles. The molecule has 3 N–H and O–H groups in total. The molecule has 2 aromatic carbocycles. The van der Waals surface area contributed by atoms with Gasteiger partial charge in [-0.05, 0) is 36.2 Å². The fraction of sp³-hybridized carbons (Fsp3) is 0.263. The Bertz CT molecular complexity index is 772. The highest BCUT2D eigenvalue weighted by Gasteiger charge is 2.14. The lowest BCUT2D eigenvalue weighted by molar-refractivity contribution is -0.116. The standard InChI is InChI=1S/C19H23N3O3/c1-22(2)19(24)14-8-10-17(25-3)16(12-14)21-18(23)11-9-13-6-4-5-7-15(13)20/h4-8,10,12H,9,11,20H2,1-3H3,(H,21,23). The molecule has 0 bridgehead atoms. The average molecular weight is 341 g/mol. The quantitative estimate of drug-likeness (QED) is 0.791. The number of para-hydroxylation sites is 1. The lowest BCUT2D eigenvalue weighted by Crippen LogP contribution is -2.22. The van der Waals surface area contributed by atoms with Crippen molar-refractivity contribution in [3.05, 3.63) is 53.6 Å². The Labute approximate surface area is 147 Å².